The molecule has 0 aliphatic carbocycles. The maximum absolute atomic E-state index is 11.5. The van der Waals surface area contributed by atoms with Crippen LogP contribution in [0.1, 0.15) is 6.92 Å². The maximum atomic E-state index is 11.5. The number of hydrogen-bond donors (Lipinski definition) is 7. The molecule has 2 rings (SSSR count). The van der Waals surface area contributed by atoms with Crippen molar-refractivity contribution >= 4 is 16.3 Å². The quantitative estimate of drug-likeness (QED) is 0.101. The van der Waals surface area contributed by atoms with Gasteiger partial charge in [-0.25, -0.2) is 8.42 Å². The molecule has 0 radical (unpaired) electrons. The zero-order chi connectivity index (χ0) is 22.8. The summed E-state index contributed by atoms with van der Waals surface area (Å²) in [7, 11) is -5.17. The molecule has 0 aromatic heterocycles. The third kappa shape index (κ3) is 7.49. The first-order chi connectivity index (χ1) is 13.9. The van der Waals surface area contributed by atoms with Gasteiger partial charge in [0.15, 0.2) is 12.6 Å². The first kappa shape index (κ1) is 29.0. The summed E-state index contributed by atoms with van der Waals surface area (Å²) in [6, 6.07) is -1.48. The third-order valence-corrected chi connectivity index (χ3v) is 5.00. The monoisotopic (exact) mass is 485 g/mol. The Balaban J connectivity index is 0.00000480. The molecule has 0 unspecified atom stereocenters. The minimum atomic E-state index is -5.17. The second-order valence-corrected chi connectivity index (χ2v) is 7.82. The second kappa shape index (κ2) is 11.9. The summed E-state index contributed by atoms with van der Waals surface area (Å²) in [5.74, 6) is -0.693. The van der Waals surface area contributed by atoms with E-state index in [0.717, 1.165) is 6.92 Å². The van der Waals surface area contributed by atoms with Gasteiger partial charge in [-0.15, -0.1) is 0 Å². The first-order valence-electron chi connectivity index (χ1n) is 8.70. The number of aliphatic hydroxyl groups is 6. The average Bonchev–Trinajstić information content (AvgIpc) is 2.65. The third-order valence-electron chi connectivity index (χ3n) is 4.58. The molecule has 0 bridgehead atoms. The Morgan fingerprint density at radius 1 is 1.03 bits per heavy atom. The molecule has 2 saturated heterocycles. The molecule has 1 amide bonds. The van der Waals surface area contributed by atoms with Crippen molar-refractivity contribution in [1.82, 2.24) is 5.32 Å². The maximum Gasteiger partial charge on any atom is 1.00 e. The predicted octanol–water partition coefficient (Wildman–Crippen LogP) is -8.76. The normalized spacial score (nSPS) is 41.3. The van der Waals surface area contributed by atoms with Crippen molar-refractivity contribution in [2.45, 2.75) is 68.3 Å². The van der Waals surface area contributed by atoms with Crippen LogP contribution in [0.2, 0.25) is 0 Å². The summed E-state index contributed by atoms with van der Waals surface area (Å²) in [4.78, 5) is 11.5. The van der Waals surface area contributed by atoms with Crippen LogP contribution in [0.15, 0.2) is 0 Å². The van der Waals surface area contributed by atoms with Gasteiger partial charge in [-0.3, -0.25) is 8.98 Å². The first-order valence-corrected chi connectivity index (χ1v) is 10.0. The molecule has 10 atom stereocenters. The fourth-order valence-corrected chi connectivity index (χ4v) is 3.41. The molecular formula is C14H24NNaO14S. The van der Waals surface area contributed by atoms with E-state index >= 15 is 0 Å². The second-order valence-electron chi connectivity index (χ2n) is 6.77. The van der Waals surface area contributed by atoms with Gasteiger partial charge in [0, 0.05) is 6.92 Å². The molecule has 2 fully saturated rings. The Bertz CT molecular complexity index is 696. The number of nitrogens with one attached hydrogen (secondary N) is 1. The smallest absolute Gasteiger partial charge is 0.726 e. The van der Waals surface area contributed by atoms with Gasteiger partial charge in [0.1, 0.15) is 48.8 Å². The van der Waals surface area contributed by atoms with Crippen molar-refractivity contribution in [2.24, 2.45) is 0 Å². The SMILES string of the molecule is CC(=O)N[C@H]1[C@@H](O[C@@H]2[C@@H](O)[C@H](O)O[C@H](CO)[C@@H]2O)O[C@H](COS(=O)(=O)[O-])[C@@H](O)[C@@H]1O.[Na+]. The van der Waals surface area contributed by atoms with E-state index in [1.807, 2.05) is 0 Å². The summed E-state index contributed by atoms with van der Waals surface area (Å²) in [5.41, 5.74) is 0. The summed E-state index contributed by atoms with van der Waals surface area (Å²) in [6.45, 7) is -0.707. The number of rotatable bonds is 7. The minimum absolute atomic E-state index is 0. The molecule has 0 saturated carbocycles. The molecule has 17 heteroatoms. The van der Waals surface area contributed by atoms with Crippen LogP contribution in [0.3, 0.4) is 0 Å². The Morgan fingerprint density at radius 2 is 1.65 bits per heavy atom. The molecule has 31 heavy (non-hydrogen) atoms. The molecule has 2 heterocycles. The van der Waals surface area contributed by atoms with Gasteiger partial charge in [0.2, 0.25) is 16.3 Å². The molecule has 2 aliphatic heterocycles. The van der Waals surface area contributed by atoms with Gasteiger partial charge in [-0.1, -0.05) is 0 Å². The standard InChI is InChI=1S/C14H25NO14S.Na/c1-4(17)15-7-10(20)8(18)6(3-26-30(23,24)25)28-14(7)29-12-9(19)5(2-16)27-13(22)11(12)21;/h5-14,16,18-22H,2-3H2,1H3,(H,15,17)(H,23,24,25);/q;+1/p-1/t5-,6-,7-,8-,9+,10-,11-,12+,13-,14-;/m1./s1. The number of ether oxygens (including phenoxy) is 3. The fourth-order valence-electron chi connectivity index (χ4n) is 3.11. The zero-order valence-electron chi connectivity index (χ0n) is 16.5. The Morgan fingerprint density at radius 3 is 2.16 bits per heavy atom. The van der Waals surface area contributed by atoms with Crippen molar-refractivity contribution < 1.29 is 96.4 Å². The van der Waals surface area contributed by atoms with Crippen LogP contribution in [0.25, 0.3) is 0 Å². The fraction of sp³-hybridized carbons (Fsp3) is 0.929. The van der Waals surface area contributed by atoms with Gasteiger partial charge < -0.3 is 54.7 Å². The van der Waals surface area contributed by atoms with Crippen LogP contribution >= 0.6 is 0 Å². The van der Waals surface area contributed by atoms with Crippen molar-refractivity contribution in [3.05, 3.63) is 0 Å². The summed E-state index contributed by atoms with van der Waals surface area (Å²) in [6.07, 6.45) is -15.5. The van der Waals surface area contributed by atoms with Crippen LogP contribution in [0, 0.1) is 0 Å². The van der Waals surface area contributed by atoms with Gasteiger partial charge in [-0.05, 0) is 0 Å². The van der Waals surface area contributed by atoms with E-state index in [1.54, 1.807) is 0 Å². The molecule has 0 aromatic rings. The predicted molar refractivity (Wildman–Crippen MR) is 88.8 cm³/mol. The molecule has 176 valence electrons. The molecule has 7 N–H and O–H groups in total. The zero-order valence-corrected chi connectivity index (χ0v) is 19.4. The van der Waals surface area contributed by atoms with Crippen molar-refractivity contribution in [2.75, 3.05) is 13.2 Å². The summed E-state index contributed by atoms with van der Waals surface area (Å²) < 4.78 is 51.5. The van der Waals surface area contributed by atoms with Crippen molar-refractivity contribution in [3.63, 3.8) is 0 Å². The van der Waals surface area contributed by atoms with Crippen LogP contribution in [0.5, 0.6) is 0 Å². The Hall–Kier alpha value is -0.0200. The van der Waals surface area contributed by atoms with Gasteiger partial charge in [0.25, 0.3) is 0 Å². The van der Waals surface area contributed by atoms with E-state index in [1.165, 1.54) is 0 Å². The Labute approximate surface area is 199 Å². The van der Waals surface area contributed by atoms with E-state index in [0.29, 0.717) is 0 Å². The number of amides is 1. The Kier molecular flexibility index (Phi) is 11.1. The largest absolute Gasteiger partial charge is 1.00 e. The van der Waals surface area contributed by atoms with Gasteiger partial charge in [-0.2, -0.15) is 0 Å². The van der Waals surface area contributed by atoms with Gasteiger partial charge in [0.05, 0.1) is 13.2 Å². The molecular weight excluding hydrogens is 461 g/mol. The van der Waals surface area contributed by atoms with E-state index in [-0.39, 0.29) is 29.6 Å². The van der Waals surface area contributed by atoms with E-state index < -0.39 is 90.9 Å². The number of carbonyl (C=O) groups excluding carboxylic acids is 1. The molecule has 0 aromatic carbocycles. The summed E-state index contributed by atoms with van der Waals surface area (Å²) in [5, 5.41) is 61.9. The average molecular weight is 485 g/mol. The number of hydrogen-bond acceptors (Lipinski definition) is 14. The van der Waals surface area contributed by atoms with E-state index in [4.69, 9.17) is 14.2 Å². The number of aliphatic hydroxyl groups excluding tert-OH is 6. The van der Waals surface area contributed by atoms with Crippen LogP contribution < -0.4 is 34.9 Å². The van der Waals surface area contributed by atoms with Gasteiger partial charge >= 0.3 is 29.6 Å². The minimum Gasteiger partial charge on any atom is -0.726 e. The van der Waals surface area contributed by atoms with Crippen LogP contribution in [0.4, 0.5) is 0 Å². The topological polar surface area (TPSA) is 245 Å². The van der Waals surface area contributed by atoms with Crippen LogP contribution in [-0.4, -0.2) is 124 Å². The molecule has 0 spiro atoms. The molecule has 15 nitrogen and oxygen atoms in total. The van der Waals surface area contributed by atoms with E-state index in [2.05, 4.69) is 9.50 Å². The van der Waals surface area contributed by atoms with Crippen molar-refractivity contribution in [1.29, 1.82) is 0 Å². The van der Waals surface area contributed by atoms with Crippen molar-refractivity contribution in [3.8, 4) is 0 Å². The number of carbonyl (C=O) groups is 1. The van der Waals surface area contributed by atoms with Crippen LogP contribution in [-0.2, 0) is 33.6 Å². The molecule has 2 aliphatic rings. The summed E-state index contributed by atoms with van der Waals surface area (Å²) >= 11 is 0. The van der Waals surface area contributed by atoms with E-state index in [9.17, 15) is 48.4 Å².